The third kappa shape index (κ3) is 3.17. The lowest BCUT2D eigenvalue weighted by atomic mass is 10.1. The van der Waals surface area contributed by atoms with E-state index >= 15 is 0 Å². The second kappa shape index (κ2) is 6.03. The largest absolute Gasteiger partial charge is 0.245 e. The average Bonchev–Trinajstić information content (AvgIpc) is 2.57. The lowest BCUT2D eigenvalue weighted by Gasteiger charge is -2.01. The molecule has 0 aliphatic rings. The van der Waals surface area contributed by atoms with Crippen molar-refractivity contribution in [2.75, 3.05) is 5.75 Å². The molecule has 14 heavy (non-hydrogen) atoms. The molecule has 80 valence electrons. The van der Waals surface area contributed by atoms with E-state index in [0.717, 1.165) is 17.3 Å². The molecule has 0 radical (unpaired) electrons. The normalized spacial score (nSPS) is 11.2. The van der Waals surface area contributed by atoms with Crippen LogP contribution in [0.25, 0.3) is 0 Å². The van der Waals surface area contributed by atoms with Crippen LogP contribution in [0.5, 0.6) is 0 Å². The zero-order valence-electron chi connectivity index (χ0n) is 8.91. The van der Waals surface area contributed by atoms with Crippen LogP contribution in [0.15, 0.2) is 0 Å². The highest BCUT2D eigenvalue weighted by atomic mass is 32.2. The molecule has 1 rings (SSSR count). The van der Waals surface area contributed by atoms with E-state index in [1.807, 2.05) is 23.1 Å². The van der Waals surface area contributed by atoms with E-state index in [-0.39, 0.29) is 0 Å². The van der Waals surface area contributed by atoms with Crippen LogP contribution in [0.4, 0.5) is 0 Å². The van der Waals surface area contributed by atoms with Crippen LogP contribution in [0.1, 0.15) is 42.3 Å². The first kappa shape index (κ1) is 12.4. The van der Waals surface area contributed by atoms with E-state index < -0.39 is 0 Å². The summed E-state index contributed by atoms with van der Waals surface area (Å²) in [7, 11) is 0. The minimum atomic E-state index is 0.522. The van der Waals surface area contributed by atoms with Gasteiger partial charge in [0.15, 0.2) is 0 Å². The molecule has 0 N–H and O–H groups in total. The number of thiazole rings is 1. The van der Waals surface area contributed by atoms with E-state index in [1.165, 1.54) is 15.6 Å². The van der Waals surface area contributed by atoms with Gasteiger partial charge in [-0.1, -0.05) is 20.8 Å². The average molecular weight is 247 g/mol. The molecule has 0 unspecified atom stereocenters. The quantitative estimate of drug-likeness (QED) is 0.791. The molecule has 0 spiro atoms. The summed E-state index contributed by atoms with van der Waals surface area (Å²) in [6.45, 7) is 6.57. The number of hydrogen-bond donors (Lipinski definition) is 1. The zero-order valence-corrected chi connectivity index (χ0v) is 11.4. The molecular weight excluding hydrogens is 230 g/mol. The van der Waals surface area contributed by atoms with E-state index in [2.05, 4.69) is 38.4 Å². The topological polar surface area (TPSA) is 12.9 Å². The van der Waals surface area contributed by atoms with Crippen LogP contribution >= 0.6 is 35.7 Å². The third-order valence-corrected chi connectivity index (χ3v) is 4.56. The maximum atomic E-state index is 4.67. The highest BCUT2D eigenvalue weighted by molar-refractivity contribution is 7.98. The van der Waals surface area contributed by atoms with E-state index in [4.69, 9.17) is 0 Å². The Balaban J connectivity index is 2.78. The van der Waals surface area contributed by atoms with Crippen molar-refractivity contribution in [1.29, 1.82) is 0 Å². The summed E-state index contributed by atoms with van der Waals surface area (Å²) in [5.74, 6) is 3.55. The van der Waals surface area contributed by atoms with Crippen molar-refractivity contribution in [2.45, 2.75) is 38.2 Å². The Bertz CT molecular complexity index is 281. The van der Waals surface area contributed by atoms with Crippen LogP contribution < -0.4 is 0 Å². The molecule has 1 heterocycles. The Kier molecular flexibility index (Phi) is 5.34. The van der Waals surface area contributed by atoms with E-state index in [0.29, 0.717) is 5.92 Å². The summed E-state index contributed by atoms with van der Waals surface area (Å²) in [6, 6.07) is 0. The predicted molar refractivity (Wildman–Crippen MR) is 70.7 cm³/mol. The van der Waals surface area contributed by atoms with Crippen molar-refractivity contribution in [2.24, 2.45) is 0 Å². The number of nitrogens with zero attached hydrogens (tertiary/aromatic N) is 1. The number of rotatable bonds is 5. The maximum absolute atomic E-state index is 4.67. The fourth-order valence-electron chi connectivity index (χ4n) is 1.23. The van der Waals surface area contributed by atoms with Gasteiger partial charge < -0.3 is 0 Å². The standard InChI is InChI=1S/C10H17NS3/c1-4-13-6-9-11-10(7(2)3)8(5-12)14-9/h7,12H,4-6H2,1-3H3. The van der Waals surface area contributed by atoms with Crippen LogP contribution in [-0.4, -0.2) is 10.7 Å². The van der Waals surface area contributed by atoms with Crippen molar-refractivity contribution in [1.82, 2.24) is 4.98 Å². The molecule has 0 bridgehead atoms. The molecular formula is C10H17NS3. The van der Waals surface area contributed by atoms with Crippen LogP contribution in [0.2, 0.25) is 0 Å². The maximum Gasteiger partial charge on any atom is 0.103 e. The Morgan fingerprint density at radius 2 is 2.21 bits per heavy atom. The molecule has 0 atom stereocenters. The first-order valence-corrected chi connectivity index (χ1v) is 7.46. The van der Waals surface area contributed by atoms with Crippen molar-refractivity contribution in [3.8, 4) is 0 Å². The molecule has 1 aromatic rings. The van der Waals surface area contributed by atoms with Gasteiger partial charge in [0.1, 0.15) is 5.01 Å². The summed E-state index contributed by atoms with van der Waals surface area (Å²) in [6.07, 6.45) is 0. The minimum Gasteiger partial charge on any atom is -0.245 e. The highest BCUT2D eigenvalue weighted by Crippen LogP contribution is 2.28. The summed E-state index contributed by atoms with van der Waals surface area (Å²) >= 11 is 8.09. The summed E-state index contributed by atoms with van der Waals surface area (Å²) in [4.78, 5) is 6.01. The first-order chi connectivity index (χ1) is 6.69. The Hall–Kier alpha value is 0.330. The van der Waals surface area contributed by atoms with Crippen molar-refractivity contribution < 1.29 is 0 Å². The van der Waals surface area contributed by atoms with E-state index in [1.54, 1.807) is 0 Å². The van der Waals surface area contributed by atoms with Gasteiger partial charge in [0, 0.05) is 16.4 Å². The predicted octanol–water partition coefficient (Wildman–Crippen LogP) is 3.95. The number of thioether (sulfide) groups is 1. The molecule has 0 aliphatic carbocycles. The minimum absolute atomic E-state index is 0.522. The van der Waals surface area contributed by atoms with Gasteiger partial charge in [0.05, 0.1) is 5.69 Å². The summed E-state index contributed by atoms with van der Waals surface area (Å²) in [5, 5.41) is 1.25. The molecule has 4 heteroatoms. The lowest BCUT2D eigenvalue weighted by molar-refractivity contribution is 0.819. The molecule has 0 aromatic carbocycles. The van der Waals surface area contributed by atoms with Gasteiger partial charge in [-0.2, -0.15) is 24.4 Å². The van der Waals surface area contributed by atoms with Gasteiger partial charge in [-0.3, -0.25) is 0 Å². The fourth-order valence-corrected chi connectivity index (χ4v) is 3.39. The number of hydrogen-bond acceptors (Lipinski definition) is 4. The van der Waals surface area contributed by atoms with Gasteiger partial charge in [0.25, 0.3) is 0 Å². The van der Waals surface area contributed by atoms with Crippen molar-refractivity contribution >= 4 is 35.7 Å². The Morgan fingerprint density at radius 1 is 1.50 bits per heavy atom. The molecule has 0 aliphatic heterocycles. The van der Waals surface area contributed by atoms with Gasteiger partial charge in [-0.15, -0.1) is 11.3 Å². The fraction of sp³-hybridized carbons (Fsp3) is 0.700. The number of aromatic nitrogens is 1. The second-order valence-corrected chi connectivity index (χ2v) is 6.12. The van der Waals surface area contributed by atoms with Crippen molar-refractivity contribution in [3.05, 3.63) is 15.6 Å². The van der Waals surface area contributed by atoms with Gasteiger partial charge in [-0.05, 0) is 11.7 Å². The van der Waals surface area contributed by atoms with Crippen LogP contribution in [0.3, 0.4) is 0 Å². The van der Waals surface area contributed by atoms with Gasteiger partial charge in [0.2, 0.25) is 0 Å². The lowest BCUT2D eigenvalue weighted by Crippen LogP contribution is -1.92. The van der Waals surface area contributed by atoms with Gasteiger partial charge >= 0.3 is 0 Å². The second-order valence-electron chi connectivity index (χ2n) is 3.37. The summed E-state index contributed by atoms with van der Waals surface area (Å²) < 4.78 is 0. The monoisotopic (exact) mass is 247 g/mol. The Labute approximate surface area is 100 Å². The Morgan fingerprint density at radius 3 is 2.64 bits per heavy atom. The smallest absolute Gasteiger partial charge is 0.103 e. The highest BCUT2D eigenvalue weighted by Gasteiger charge is 2.12. The molecule has 0 saturated heterocycles. The summed E-state index contributed by atoms with van der Waals surface area (Å²) in [5.41, 5.74) is 1.25. The van der Waals surface area contributed by atoms with Crippen LogP contribution in [0, 0.1) is 0 Å². The molecule has 1 aromatic heterocycles. The molecule has 0 amide bonds. The van der Waals surface area contributed by atoms with Crippen molar-refractivity contribution in [3.63, 3.8) is 0 Å². The number of thiol groups is 1. The van der Waals surface area contributed by atoms with Crippen LogP contribution in [-0.2, 0) is 11.5 Å². The molecule has 0 fully saturated rings. The zero-order chi connectivity index (χ0) is 10.6. The van der Waals surface area contributed by atoms with Gasteiger partial charge in [-0.25, -0.2) is 4.98 Å². The first-order valence-electron chi connectivity index (χ1n) is 4.86. The third-order valence-electron chi connectivity index (χ3n) is 1.89. The molecule has 1 nitrogen and oxygen atoms in total. The SMILES string of the molecule is CCSCc1nc(C(C)C)c(CS)s1. The van der Waals surface area contributed by atoms with E-state index in [9.17, 15) is 0 Å². The molecule has 0 saturated carbocycles.